The maximum absolute atomic E-state index is 12.8. The Hall–Kier alpha value is -1.43. The van der Waals surface area contributed by atoms with Crippen LogP contribution in [0, 0.1) is 5.82 Å². The first-order chi connectivity index (χ1) is 10.1. The van der Waals surface area contributed by atoms with Crippen LogP contribution in [0.1, 0.15) is 16.5 Å². The zero-order valence-electron chi connectivity index (χ0n) is 11.4. The summed E-state index contributed by atoms with van der Waals surface area (Å²) in [5.41, 5.74) is 0.766. The molecule has 6 heteroatoms. The molecule has 112 valence electrons. The van der Waals surface area contributed by atoms with Gasteiger partial charge in [-0.1, -0.05) is 23.7 Å². The van der Waals surface area contributed by atoms with Crippen molar-refractivity contribution in [3.8, 4) is 0 Å². The summed E-state index contributed by atoms with van der Waals surface area (Å²) in [6, 6.07) is 9.56. The van der Waals surface area contributed by atoms with E-state index in [0.717, 1.165) is 10.4 Å². The quantitative estimate of drug-likeness (QED) is 0.880. The normalized spacial score (nSPS) is 12.1. The lowest BCUT2D eigenvalue weighted by Crippen LogP contribution is -2.30. The lowest BCUT2D eigenvalue weighted by molar-refractivity contribution is -0.121. The van der Waals surface area contributed by atoms with Crippen LogP contribution < -0.4 is 5.32 Å². The molecule has 1 N–H and O–H groups in total. The van der Waals surface area contributed by atoms with Gasteiger partial charge in [0.25, 0.3) is 0 Å². The van der Waals surface area contributed by atoms with E-state index in [-0.39, 0.29) is 24.2 Å². The fourth-order valence-electron chi connectivity index (χ4n) is 1.86. The van der Waals surface area contributed by atoms with Gasteiger partial charge in [0, 0.05) is 18.5 Å². The van der Waals surface area contributed by atoms with Crippen LogP contribution in [0.5, 0.6) is 0 Å². The molecule has 0 spiro atoms. The number of hydrogen-bond donors (Lipinski definition) is 1. The van der Waals surface area contributed by atoms with Gasteiger partial charge in [-0.25, -0.2) is 4.39 Å². The average Bonchev–Trinajstić information content (AvgIpc) is 2.89. The van der Waals surface area contributed by atoms with E-state index in [1.165, 1.54) is 23.5 Å². The molecule has 0 aliphatic rings. The predicted octanol–water partition coefficient (Wildman–Crippen LogP) is 3.59. The number of halogens is 2. The number of carbonyl (C=O) groups is 1. The molecule has 0 aliphatic heterocycles. The Labute approximate surface area is 131 Å². The molecule has 0 radical (unpaired) electrons. The minimum Gasteiger partial charge on any atom is -0.374 e. The Morgan fingerprint density at radius 1 is 1.33 bits per heavy atom. The van der Waals surface area contributed by atoms with E-state index >= 15 is 0 Å². The topological polar surface area (TPSA) is 38.3 Å². The summed E-state index contributed by atoms with van der Waals surface area (Å²) in [5, 5.41) is 2.81. The summed E-state index contributed by atoms with van der Waals surface area (Å²) >= 11 is 7.31. The lowest BCUT2D eigenvalue weighted by atomic mass is 10.1. The molecular formula is C15H15ClFNO2S. The molecule has 1 aromatic heterocycles. The van der Waals surface area contributed by atoms with Crippen LogP contribution in [0.4, 0.5) is 4.39 Å². The van der Waals surface area contributed by atoms with Gasteiger partial charge in [0.05, 0.1) is 10.8 Å². The number of thiophene rings is 1. The lowest BCUT2D eigenvalue weighted by Gasteiger charge is -2.14. The molecule has 0 aliphatic carbocycles. The van der Waals surface area contributed by atoms with Crippen LogP contribution in [0.2, 0.25) is 4.34 Å². The molecule has 21 heavy (non-hydrogen) atoms. The first-order valence-electron chi connectivity index (χ1n) is 6.37. The summed E-state index contributed by atoms with van der Waals surface area (Å²) in [5.74, 6) is -0.445. The third-order valence-electron chi connectivity index (χ3n) is 2.96. The number of amides is 1. The van der Waals surface area contributed by atoms with Crippen LogP contribution in [-0.2, 0) is 16.0 Å². The van der Waals surface area contributed by atoms with Gasteiger partial charge in [-0.3, -0.25) is 4.79 Å². The van der Waals surface area contributed by atoms with Crippen molar-refractivity contribution in [2.45, 2.75) is 12.5 Å². The zero-order valence-corrected chi connectivity index (χ0v) is 13.0. The summed E-state index contributed by atoms with van der Waals surface area (Å²) < 4.78 is 18.8. The van der Waals surface area contributed by atoms with Gasteiger partial charge in [-0.2, -0.15) is 0 Å². The Balaban J connectivity index is 1.86. The number of benzene rings is 1. The third-order valence-corrected chi connectivity index (χ3v) is 4.28. The van der Waals surface area contributed by atoms with Crippen molar-refractivity contribution in [3.63, 3.8) is 0 Å². The Morgan fingerprint density at radius 2 is 2.05 bits per heavy atom. The summed E-state index contributed by atoms with van der Waals surface area (Å²) in [4.78, 5) is 12.8. The maximum atomic E-state index is 12.8. The van der Waals surface area contributed by atoms with E-state index in [1.807, 2.05) is 6.07 Å². The molecule has 1 atom stereocenters. The largest absolute Gasteiger partial charge is 0.374 e. The Bertz CT molecular complexity index is 600. The SMILES string of the molecule is CO[C@@H](CNC(=O)Cc1ccc(F)cc1)c1ccc(Cl)s1. The van der Waals surface area contributed by atoms with Crippen molar-refractivity contribution < 1.29 is 13.9 Å². The van der Waals surface area contributed by atoms with Gasteiger partial charge in [0.15, 0.2) is 0 Å². The average molecular weight is 328 g/mol. The van der Waals surface area contributed by atoms with E-state index in [0.29, 0.717) is 10.9 Å². The molecule has 1 amide bonds. The summed E-state index contributed by atoms with van der Waals surface area (Å²) in [6.07, 6.45) is -0.0123. The smallest absolute Gasteiger partial charge is 0.224 e. The van der Waals surface area contributed by atoms with Gasteiger partial charge in [0.1, 0.15) is 11.9 Å². The Kier molecular flexibility index (Phi) is 5.73. The molecule has 0 saturated heterocycles. The number of carbonyl (C=O) groups excluding carboxylic acids is 1. The second-order valence-electron chi connectivity index (χ2n) is 4.47. The number of ether oxygens (including phenoxy) is 1. The van der Waals surface area contributed by atoms with E-state index in [1.54, 1.807) is 25.3 Å². The minimum atomic E-state index is -0.312. The monoisotopic (exact) mass is 327 g/mol. The maximum Gasteiger partial charge on any atom is 0.224 e. The van der Waals surface area contributed by atoms with E-state index in [9.17, 15) is 9.18 Å². The number of rotatable bonds is 6. The number of nitrogens with one attached hydrogen (secondary N) is 1. The van der Waals surface area contributed by atoms with Crippen LogP contribution >= 0.6 is 22.9 Å². The summed E-state index contributed by atoms with van der Waals surface area (Å²) in [7, 11) is 1.59. The highest BCUT2D eigenvalue weighted by Crippen LogP contribution is 2.28. The van der Waals surface area contributed by atoms with Crippen molar-refractivity contribution in [1.29, 1.82) is 0 Å². The van der Waals surface area contributed by atoms with Crippen LogP contribution in [0.15, 0.2) is 36.4 Å². The van der Waals surface area contributed by atoms with Crippen molar-refractivity contribution >= 4 is 28.8 Å². The molecule has 3 nitrogen and oxygen atoms in total. The highest BCUT2D eigenvalue weighted by molar-refractivity contribution is 7.16. The molecule has 1 aromatic carbocycles. The second-order valence-corrected chi connectivity index (χ2v) is 6.22. The molecular weight excluding hydrogens is 313 g/mol. The van der Waals surface area contributed by atoms with Gasteiger partial charge in [0.2, 0.25) is 5.91 Å². The molecule has 0 unspecified atom stereocenters. The van der Waals surface area contributed by atoms with Crippen LogP contribution in [0.3, 0.4) is 0 Å². The van der Waals surface area contributed by atoms with Gasteiger partial charge >= 0.3 is 0 Å². The van der Waals surface area contributed by atoms with Gasteiger partial charge in [-0.15, -0.1) is 11.3 Å². The predicted molar refractivity (Wildman–Crippen MR) is 82.2 cm³/mol. The van der Waals surface area contributed by atoms with Crippen molar-refractivity contribution in [1.82, 2.24) is 5.32 Å². The van der Waals surface area contributed by atoms with Crippen LogP contribution in [-0.4, -0.2) is 19.6 Å². The van der Waals surface area contributed by atoms with Gasteiger partial charge in [-0.05, 0) is 29.8 Å². The first kappa shape index (κ1) is 15.9. The highest BCUT2D eigenvalue weighted by atomic mass is 35.5. The number of methoxy groups -OCH3 is 1. The molecule has 0 saturated carbocycles. The molecule has 0 bridgehead atoms. The zero-order chi connectivity index (χ0) is 15.2. The molecule has 2 rings (SSSR count). The van der Waals surface area contributed by atoms with E-state index < -0.39 is 0 Å². The van der Waals surface area contributed by atoms with Crippen molar-refractivity contribution in [2.75, 3.05) is 13.7 Å². The fourth-order valence-corrected chi connectivity index (χ4v) is 3.00. The van der Waals surface area contributed by atoms with Gasteiger partial charge < -0.3 is 10.1 Å². The fraction of sp³-hybridized carbons (Fsp3) is 0.267. The minimum absolute atomic E-state index is 0.133. The third kappa shape index (κ3) is 4.81. The van der Waals surface area contributed by atoms with Crippen molar-refractivity contribution in [3.05, 3.63) is 57.0 Å². The molecule has 0 fully saturated rings. The molecule has 2 aromatic rings. The van der Waals surface area contributed by atoms with E-state index in [2.05, 4.69) is 5.32 Å². The second kappa shape index (κ2) is 7.54. The Morgan fingerprint density at radius 3 is 2.62 bits per heavy atom. The van der Waals surface area contributed by atoms with Crippen LogP contribution in [0.25, 0.3) is 0 Å². The number of hydrogen-bond acceptors (Lipinski definition) is 3. The molecule has 1 heterocycles. The van der Waals surface area contributed by atoms with E-state index in [4.69, 9.17) is 16.3 Å². The van der Waals surface area contributed by atoms with Crippen molar-refractivity contribution in [2.24, 2.45) is 0 Å². The summed E-state index contributed by atoms with van der Waals surface area (Å²) in [6.45, 7) is 0.368. The highest BCUT2D eigenvalue weighted by Gasteiger charge is 2.14. The first-order valence-corrected chi connectivity index (χ1v) is 7.57. The standard InChI is InChI=1S/C15H15ClFNO2S/c1-20-12(13-6-7-14(16)21-13)9-18-15(19)8-10-2-4-11(17)5-3-10/h2-7,12H,8-9H2,1H3,(H,18,19)/t12-/m0/s1.